The summed E-state index contributed by atoms with van der Waals surface area (Å²) in [6.45, 7) is 7.44. The summed E-state index contributed by atoms with van der Waals surface area (Å²) in [5, 5.41) is 6.92. The van der Waals surface area contributed by atoms with E-state index in [4.69, 9.17) is 0 Å². The van der Waals surface area contributed by atoms with Gasteiger partial charge in [-0.2, -0.15) is 0 Å². The van der Waals surface area contributed by atoms with Crippen molar-refractivity contribution < 1.29 is 0 Å². The fourth-order valence-corrected chi connectivity index (χ4v) is 3.68. The smallest absolute Gasteiger partial charge is 0.191 e. The molecule has 0 saturated carbocycles. The van der Waals surface area contributed by atoms with Gasteiger partial charge in [-0.3, -0.25) is 4.99 Å². The molecule has 3 rings (SSSR count). The number of nitrogens with zero attached hydrogens (tertiary/aromatic N) is 2. The van der Waals surface area contributed by atoms with Gasteiger partial charge in [-0.1, -0.05) is 60.2 Å². The summed E-state index contributed by atoms with van der Waals surface area (Å²) >= 11 is 0. The predicted octanol–water partition coefficient (Wildman–Crippen LogP) is 3.22. The van der Waals surface area contributed by atoms with Crippen LogP contribution >= 0.6 is 0 Å². The van der Waals surface area contributed by atoms with Gasteiger partial charge in [-0.05, 0) is 43.4 Å². The zero-order valence-electron chi connectivity index (χ0n) is 16.6. The van der Waals surface area contributed by atoms with E-state index in [0.717, 1.165) is 32.0 Å². The molecule has 1 unspecified atom stereocenters. The monoisotopic (exact) mass is 364 g/mol. The lowest BCUT2D eigenvalue weighted by molar-refractivity contribution is 0.328. The molecule has 144 valence electrons. The standard InChI is InChI=1S/C23H32N4/c1-19-7-6-10-21(15-19)16-25-23(24-2)26-17-22-12-14-27(18-22)13-11-20-8-4-3-5-9-20/h3-10,15,22H,11-14,16-18H2,1-2H3,(H2,24,25,26). The zero-order valence-corrected chi connectivity index (χ0v) is 16.6. The van der Waals surface area contributed by atoms with Gasteiger partial charge in [0.1, 0.15) is 0 Å². The molecule has 4 heteroatoms. The van der Waals surface area contributed by atoms with E-state index in [2.05, 4.69) is 82.0 Å². The molecule has 2 aromatic rings. The van der Waals surface area contributed by atoms with Gasteiger partial charge in [0.25, 0.3) is 0 Å². The van der Waals surface area contributed by atoms with E-state index in [1.807, 2.05) is 7.05 Å². The normalized spacial score (nSPS) is 17.9. The van der Waals surface area contributed by atoms with E-state index >= 15 is 0 Å². The first kappa shape index (κ1) is 19.4. The Morgan fingerprint density at radius 3 is 2.67 bits per heavy atom. The first-order chi connectivity index (χ1) is 13.2. The third kappa shape index (κ3) is 6.40. The van der Waals surface area contributed by atoms with Crippen LogP contribution in [0.1, 0.15) is 23.1 Å². The largest absolute Gasteiger partial charge is 0.356 e. The molecule has 0 aromatic heterocycles. The minimum absolute atomic E-state index is 0.693. The molecule has 27 heavy (non-hydrogen) atoms. The molecule has 1 aliphatic rings. The SMILES string of the molecule is CN=C(NCc1cccc(C)c1)NCC1CCN(CCc2ccccc2)C1. The number of benzene rings is 2. The van der Waals surface area contributed by atoms with Crippen LogP contribution in [0.5, 0.6) is 0 Å². The van der Waals surface area contributed by atoms with E-state index < -0.39 is 0 Å². The molecule has 0 aliphatic carbocycles. The van der Waals surface area contributed by atoms with Crippen LogP contribution in [0.3, 0.4) is 0 Å². The van der Waals surface area contributed by atoms with Gasteiger partial charge < -0.3 is 15.5 Å². The highest BCUT2D eigenvalue weighted by Crippen LogP contribution is 2.16. The highest BCUT2D eigenvalue weighted by Gasteiger charge is 2.22. The van der Waals surface area contributed by atoms with Crippen LogP contribution in [0.15, 0.2) is 59.6 Å². The Labute approximate surface area is 163 Å². The summed E-state index contributed by atoms with van der Waals surface area (Å²) in [4.78, 5) is 6.95. The summed E-state index contributed by atoms with van der Waals surface area (Å²) in [7, 11) is 1.84. The predicted molar refractivity (Wildman–Crippen MR) is 114 cm³/mol. The van der Waals surface area contributed by atoms with Gasteiger partial charge in [0.15, 0.2) is 5.96 Å². The Morgan fingerprint density at radius 1 is 1.07 bits per heavy atom. The van der Waals surface area contributed by atoms with Gasteiger partial charge in [-0.25, -0.2) is 0 Å². The number of guanidine groups is 1. The molecular weight excluding hydrogens is 332 g/mol. The maximum atomic E-state index is 4.36. The third-order valence-corrected chi connectivity index (χ3v) is 5.25. The van der Waals surface area contributed by atoms with Crippen molar-refractivity contribution in [3.8, 4) is 0 Å². The van der Waals surface area contributed by atoms with E-state index in [0.29, 0.717) is 5.92 Å². The van der Waals surface area contributed by atoms with Crippen LogP contribution in [0.25, 0.3) is 0 Å². The van der Waals surface area contributed by atoms with Gasteiger partial charge in [-0.15, -0.1) is 0 Å². The zero-order chi connectivity index (χ0) is 18.9. The maximum Gasteiger partial charge on any atom is 0.191 e. The maximum absolute atomic E-state index is 4.36. The summed E-state index contributed by atoms with van der Waals surface area (Å²) in [5.41, 5.74) is 4.00. The summed E-state index contributed by atoms with van der Waals surface area (Å²) < 4.78 is 0. The topological polar surface area (TPSA) is 39.7 Å². The minimum atomic E-state index is 0.693. The Hall–Kier alpha value is -2.33. The Kier molecular flexibility index (Phi) is 7.28. The molecular formula is C23H32N4. The van der Waals surface area contributed by atoms with Crippen molar-refractivity contribution in [2.24, 2.45) is 10.9 Å². The minimum Gasteiger partial charge on any atom is -0.356 e. The molecule has 4 nitrogen and oxygen atoms in total. The van der Waals surface area contributed by atoms with Gasteiger partial charge in [0, 0.05) is 33.2 Å². The molecule has 0 bridgehead atoms. The molecule has 1 heterocycles. The number of aliphatic imine (C=N–C) groups is 1. The van der Waals surface area contributed by atoms with Gasteiger partial charge in [0.05, 0.1) is 0 Å². The summed E-state index contributed by atoms with van der Waals surface area (Å²) in [5.74, 6) is 1.58. The highest BCUT2D eigenvalue weighted by molar-refractivity contribution is 5.79. The fourth-order valence-electron chi connectivity index (χ4n) is 3.68. The number of nitrogens with one attached hydrogen (secondary N) is 2. The van der Waals surface area contributed by atoms with Crippen molar-refractivity contribution in [2.45, 2.75) is 26.3 Å². The van der Waals surface area contributed by atoms with E-state index in [1.54, 1.807) is 0 Å². The van der Waals surface area contributed by atoms with E-state index in [-0.39, 0.29) is 0 Å². The molecule has 0 spiro atoms. The number of rotatable bonds is 7. The van der Waals surface area contributed by atoms with Crippen LogP contribution in [-0.4, -0.2) is 44.1 Å². The molecule has 0 amide bonds. The second kappa shape index (κ2) is 10.1. The van der Waals surface area contributed by atoms with Crippen molar-refractivity contribution in [3.63, 3.8) is 0 Å². The first-order valence-electron chi connectivity index (χ1n) is 9.99. The van der Waals surface area contributed by atoms with Crippen molar-refractivity contribution >= 4 is 5.96 Å². The second-order valence-corrected chi connectivity index (χ2v) is 7.49. The molecule has 1 atom stereocenters. The number of aryl methyl sites for hydroxylation is 1. The number of hydrogen-bond donors (Lipinski definition) is 2. The Balaban J connectivity index is 1.36. The second-order valence-electron chi connectivity index (χ2n) is 7.49. The number of hydrogen-bond acceptors (Lipinski definition) is 2. The van der Waals surface area contributed by atoms with Crippen LogP contribution < -0.4 is 10.6 Å². The lowest BCUT2D eigenvalue weighted by atomic mass is 10.1. The van der Waals surface area contributed by atoms with Crippen LogP contribution in [-0.2, 0) is 13.0 Å². The molecule has 2 aromatic carbocycles. The number of likely N-dealkylation sites (tertiary alicyclic amines) is 1. The quantitative estimate of drug-likeness (QED) is 0.585. The van der Waals surface area contributed by atoms with Crippen molar-refractivity contribution in [1.82, 2.24) is 15.5 Å². The molecule has 1 fully saturated rings. The molecule has 1 aliphatic heterocycles. The average Bonchev–Trinajstić information content (AvgIpc) is 3.15. The molecule has 0 radical (unpaired) electrons. The Bertz CT molecular complexity index is 726. The van der Waals surface area contributed by atoms with Gasteiger partial charge >= 0.3 is 0 Å². The Morgan fingerprint density at radius 2 is 1.89 bits per heavy atom. The van der Waals surface area contributed by atoms with Gasteiger partial charge in [0.2, 0.25) is 0 Å². The summed E-state index contributed by atoms with van der Waals surface area (Å²) in [6.07, 6.45) is 2.40. The van der Waals surface area contributed by atoms with E-state index in [9.17, 15) is 0 Å². The fraction of sp³-hybridized carbons (Fsp3) is 0.435. The average molecular weight is 365 g/mol. The lowest BCUT2D eigenvalue weighted by Gasteiger charge is -2.17. The lowest BCUT2D eigenvalue weighted by Crippen LogP contribution is -2.40. The summed E-state index contributed by atoms with van der Waals surface area (Å²) in [6, 6.07) is 19.4. The highest BCUT2D eigenvalue weighted by atomic mass is 15.2. The molecule has 2 N–H and O–H groups in total. The van der Waals surface area contributed by atoms with Crippen LogP contribution in [0.2, 0.25) is 0 Å². The molecule has 1 saturated heterocycles. The van der Waals surface area contributed by atoms with E-state index in [1.165, 1.54) is 36.2 Å². The third-order valence-electron chi connectivity index (χ3n) is 5.25. The first-order valence-corrected chi connectivity index (χ1v) is 9.99. The van der Waals surface area contributed by atoms with Crippen LogP contribution in [0.4, 0.5) is 0 Å². The van der Waals surface area contributed by atoms with Crippen LogP contribution in [0, 0.1) is 12.8 Å². The van der Waals surface area contributed by atoms with Crippen molar-refractivity contribution in [1.29, 1.82) is 0 Å². The van der Waals surface area contributed by atoms with Crippen molar-refractivity contribution in [3.05, 3.63) is 71.3 Å². The van der Waals surface area contributed by atoms with Crippen molar-refractivity contribution in [2.75, 3.05) is 33.2 Å².